The van der Waals surface area contributed by atoms with Crippen LogP contribution in [0.3, 0.4) is 0 Å². The molecule has 2 aromatic carbocycles. The van der Waals surface area contributed by atoms with Gasteiger partial charge >= 0.3 is 0 Å². The molecule has 21 heavy (non-hydrogen) atoms. The Morgan fingerprint density at radius 1 is 1.29 bits per heavy atom. The minimum absolute atomic E-state index is 0.0270. The van der Waals surface area contributed by atoms with Crippen molar-refractivity contribution in [3.05, 3.63) is 59.1 Å². The van der Waals surface area contributed by atoms with Crippen LogP contribution in [0.4, 0.5) is 11.4 Å². The van der Waals surface area contributed by atoms with Gasteiger partial charge in [-0.3, -0.25) is 4.79 Å². The third-order valence-corrected chi connectivity index (χ3v) is 4.01. The SMILES string of the molecule is C[C@H]1Cc2ccccc2N1CC(=O)Nc1cccc(Cl)c1. The fraction of sp³-hybridized carbons (Fsp3) is 0.235. The first kappa shape index (κ1) is 14.0. The van der Waals surface area contributed by atoms with Crippen LogP contribution >= 0.6 is 11.6 Å². The van der Waals surface area contributed by atoms with Crippen LogP contribution in [0.25, 0.3) is 0 Å². The van der Waals surface area contributed by atoms with Gasteiger partial charge < -0.3 is 10.2 Å². The molecule has 2 aromatic rings. The lowest BCUT2D eigenvalue weighted by Crippen LogP contribution is -2.37. The zero-order chi connectivity index (χ0) is 14.8. The van der Waals surface area contributed by atoms with E-state index in [4.69, 9.17) is 11.6 Å². The maximum Gasteiger partial charge on any atom is 0.243 e. The number of amides is 1. The quantitative estimate of drug-likeness (QED) is 0.937. The minimum atomic E-state index is -0.0270. The molecule has 0 saturated heterocycles. The number of carbonyl (C=O) groups excluding carboxylic acids is 1. The van der Waals surface area contributed by atoms with Crippen LogP contribution in [-0.4, -0.2) is 18.5 Å². The summed E-state index contributed by atoms with van der Waals surface area (Å²) in [6, 6.07) is 15.8. The van der Waals surface area contributed by atoms with Crippen LogP contribution in [-0.2, 0) is 11.2 Å². The molecule has 4 heteroatoms. The molecule has 1 amide bonds. The molecule has 0 fully saturated rings. The van der Waals surface area contributed by atoms with Crippen molar-refractivity contribution in [2.45, 2.75) is 19.4 Å². The molecular weight excluding hydrogens is 284 g/mol. The van der Waals surface area contributed by atoms with Gasteiger partial charge in [-0.2, -0.15) is 0 Å². The monoisotopic (exact) mass is 300 g/mol. The first-order valence-corrected chi connectivity index (χ1v) is 7.41. The van der Waals surface area contributed by atoms with E-state index in [1.54, 1.807) is 12.1 Å². The lowest BCUT2D eigenvalue weighted by atomic mass is 10.1. The Bertz CT molecular complexity index is 671. The molecule has 0 unspecified atom stereocenters. The van der Waals surface area contributed by atoms with Crippen molar-refractivity contribution < 1.29 is 4.79 Å². The summed E-state index contributed by atoms with van der Waals surface area (Å²) in [4.78, 5) is 14.4. The highest BCUT2D eigenvalue weighted by molar-refractivity contribution is 6.30. The summed E-state index contributed by atoms with van der Waals surface area (Å²) in [5.74, 6) is -0.0270. The second kappa shape index (κ2) is 5.78. The van der Waals surface area contributed by atoms with E-state index in [1.165, 1.54) is 5.56 Å². The number of nitrogens with zero attached hydrogens (tertiary/aromatic N) is 1. The Labute approximate surface area is 129 Å². The van der Waals surface area contributed by atoms with Crippen LogP contribution in [0, 0.1) is 0 Å². The number of hydrogen-bond acceptors (Lipinski definition) is 2. The molecule has 1 N–H and O–H groups in total. The second-order valence-electron chi connectivity index (χ2n) is 5.37. The molecule has 0 aliphatic carbocycles. The Morgan fingerprint density at radius 2 is 2.10 bits per heavy atom. The summed E-state index contributed by atoms with van der Waals surface area (Å²) < 4.78 is 0. The lowest BCUT2D eigenvalue weighted by Gasteiger charge is -2.24. The molecule has 0 bridgehead atoms. The van der Waals surface area contributed by atoms with E-state index in [0.717, 1.165) is 17.8 Å². The number of benzene rings is 2. The highest BCUT2D eigenvalue weighted by Crippen LogP contribution is 2.31. The normalized spacial score (nSPS) is 16.7. The van der Waals surface area contributed by atoms with Gasteiger partial charge in [0.2, 0.25) is 5.91 Å². The van der Waals surface area contributed by atoms with Crippen molar-refractivity contribution in [3.63, 3.8) is 0 Å². The third-order valence-electron chi connectivity index (χ3n) is 3.77. The molecule has 0 radical (unpaired) electrons. The standard InChI is InChI=1S/C17H17ClN2O/c1-12-9-13-5-2-3-8-16(13)20(12)11-17(21)19-15-7-4-6-14(18)10-15/h2-8,10,12H,9,11H2,1H3,(H,19,21)/t12-/m0/s1. The number of carbonyl (C=O) groups is 1. The molecule has 1 aliphatic rings. The van der Waals surface area contributed by atoms with Crippen LogP contribution in [0.5, 0.6) is 0 Å². The second-order valence-corrected chi connectivity index (χ2v) is 5.80. The van der Waals surface area contributed by atoms with Crippen LogP contribution in [0.15, 0.2) is 48.5 Å². The average Bonchev–Trinajstić information content (AvgIpc) is 2.75. The first-order chi connectivity index (χ1) is 10.1. The summed E-state index contributed by atoms with van der Waals surface area (Å²) in [7, 11) is 0. The fourth-order valence-electron chi connectivity index (χ4n) is 2.79. The molecular formula is C17H17ClN2O. The van der Waals surface area contributed by atoms with Gasteiger partial charge in [-0.1, -0.05) is 35.9 Å². The van der Waals surface area contributed by atoms with Crippen LogP contribution < -0.4 is 10.2 Å². The van der Waals surface area contributed by atoms with Crippen LogP contribution in [0.2, 0.25) is 5.02 Å². The Morgan fingerprint density at radius 3 is 2.90 bits per heavy atom. The topological polar surface area (TPSA) is 32.3 Å². The molecule has 3 nitrogen and oxygen atoms in total. The number of hydrogen-bond donors (Lipinski definition) is 1. The number of rotatable bonds is 3. The highest BCUT2D eigenvalue weighted by atomic mass is 35.5. The molecule has 0 aromatic heterocycles. The van der Waals surface area contributed by atoms with Crippen molar-refractivity contribution in [1.29, 1.82) is 0 Å². The zero-order valence-corrected chi connectivity index (χ0v) is 12.6. The van der Waals surface area contributed by atoms with Gasteiger partial charge in [-0.05, 0) is 43.2 Å². The molecule has 1 heterocycles. The number of nitrogens with one attached hydrogen (secondary N) is 1. The smallest absolute Gasteiger partial charge is 0.243 e. The summed E-state index contributed by atoms with van der Waals surface area (Å²) in [5, 5.41) is 3.51. The number of halogens is 1. The lowest BCUT2D eigenvalue weighted by molar-refractivity contribution is -0.115. The largest absolute Gasteiger partial charge is 0.359 e. The Balaban J connectivity index is 1.70. The summed E-state index contributed by atoms with van der Waals surface area (Å²) in [6.07, 6.45) is 0.987. The van der Waals surface area contributed by atoms with Gasteiger partial charge in [0.05, 0.1) is 6.54 Å². The van der Waals surface area contributed by atoms with Crippen molar-refractivity contribution in [2.24, 2.45) is 0 Å². The summed E-state index contributed by atoms with van der Waals surface area (Å²) in [5.41, 5.74) is 3.19. The van der Waals surface area contributed by atoms with Gasteiger partial charge in [-0.25, -0.2) is 0 Å². The van der Waals surface area contributed by atoms with Gasteiger partial charge in [-0.15, -0.1) is 0 Å². The predicted molar refractivity (Wildman–Crippen MR) is 87.0 cm³/mol. The Kier molecular flexibility index (Phi) is 3.84. The first-order valence-electron chi connectivity index (χ1n) is 7.03. The summed E-state index contributed by atoms with van der Waals surface area (Å²) in [6.45, 7) is 2.50. The van der Waals surface area contributed by atoms with E-state index in [-0.39, 0.29) is 5.91 Å². The van der Waals surface area contributed by atoms with Gasteiger partial charge in [0.15, 0.2) is 0 Å². The van der Waals surface area contributed by atoms with E-state index in [1.807, 2.05) is 24.3 Å². The van der Waals surface area contributed by atoms with Crippen molar-refractivity contribution >= 4 is 28.9 Å². The van der Waals surface area contributed by atoms with Crippen molar-refractivity contribution in [3.8, 4) is 0 Å². The number of fused-ring (bicyclic) bond motifs is 1. The predicted octanol–water partition coefficient (Wildman–Crippen LogP) is 3.73. The zero-order valence-electron chi connectivity index (χ0n) is 11.8. The minimum Gasteiger partial charge on any atom is -0.359 e. The van der Waals surface area contributed by atoms with E-state index >= 15 is 0 Å². The summed E-state index contributed by atoms with van der Waals surface area (Å²) >= 11 is 5.93. The van der Waals surface area contributed by atoms with Gasteiger partial charge in [0.1, 0.15) is 0 Å². The van der Waals surface area contributed by atoms with E-state index < -0.39 is 0 Å². The maximum absolute atomic E-state index is 12.2. The van der Waals surface area contributed by atoms with Crippen molar-refractivity contribution in [2.75, 3.05) is 16.8 Å². The average molecular weight is 301 g/mol. The van der Waals surface area contributed by atoms with E-state index in [0.29, 0.717) is 17.6 Å². The van der Waals surface area contributed by atoms with Crippen molar-refractivity contribution in [1.82, 2.24) is 0 Å². The molecule has 108 valence electrons. The third kappa shape index (κ3) is 3.03. The molecule has 3 rings (SSSR count). The number of para-hydroxylation sites is 1. The van der Waals surface area contributed by atoms with E-state index in [2.05, 4.69) is 29.3 Å². The molecule has 0 saturated carbocycles. The maximum atomic E-state index is 12.2. The van der Waals surface area contributed by atoms with Crippen LogP contribution in [0.1, 0.15) is 12.5 Å². The fourth-order valence-corrected chi connectivity index (χ4v) is 2.98. The van der Waals surface area contributed by atoms with Gasteiger partial charge in [0.25, 0.3) is 0 Å². The molecule has 1 atom stereocenters. The molecule has 1 aliphatic heterocycles. The van der Waals surface area contributed by atoms with E-state index in [9.17, 15) is 4.79 Å². The number of anilines is 2. The van der Waals surface area contributed by atoms with Gasteiger partial charge in [0, 0.05) is 22.4 Å². The highest BCUT2D eigenvalue weighted by Gasteiger charge is 2.26. The molecule has 0 spiro atoms. The Hall–Kier alpha value is -2.00.